The highest BCUT2D eigenvalue weighted by atomic mass is 35.5. The highest BCUT2D eigenvalue weighted by Crippen LogP contribution is 2.45. The van der Waals surface area contributed by atoms with Crippen LogP contribution < -0.4 is 24.4 Å². The summed E-state index contributed by atoms with van der Waals surface area (Å²) in [6.07, 6.45) is -4.90. The standard InChI is InChI=1S/C31H33ClF3N3O6/c1-18(37-43-11-10-39)19-12-21(15-23(13-19)41-4)36-28(24-8-6-20(32)14-27(24)42-5)29(40)38-17-30(2,3)25-9-7-22(16-26(25)38)44-31(33,34)35/h6-9,12-16,28,36,39H,10-11,17H2,1-5H3/b37-18+. The third-order valence-corrected chi connectivity index (χ3v) is 7.29. The molecule has 236 valence electrons. The normalized spacial score (nSPS) is 15.0. The van der Waals surface area contributed by atoms with Crippen molar-refractivity contribution in [3.63, 3.8) is 0 Å². The van der Waals surface area contributed by atoms with E-state index in [1.54, 1.807) is 49.4 Å². The molecule has 1 unspecified atom stereocenters. The molecule has 0 bridgehead atoms. The molecule has 9 nitrogen and oxygen atoms in total. The number of alkyl halides is 3. The molecule has 0 aromatic heterocycles. The van der Waals surface area contributed by atoms with Crippen molar-refractivity contribution < 1.29 is 42.1 Å². The fraction of sp³-hybridized carbons (Fsp3) is 0.355. The fourth-order valence-electron chi connectivity index (χ4n) is 5.03. The number of hydrogen-bond donors (Lipinski definition) is 2. The SMILES string of the molecule is COc1cc(NC(C(=O)N2CC(C)(C)c3ccc(OC(F)(F)F)cc32)c2ccc(Cl)cc2OC)cc(/C(C)=N/OCCO)c1. The Balaban J connectivity index is 1.81. The van der Waals surface area contributed by atoms with Crippen LogP contribution in [0.1, 0.15) is 43.5 Å². The Morgan fingerprint density at radius 2 is 1.84 bits per heavy atom. The van der Waals surface area contributed by atoms with E-state index < -0.39 is 29.5 Å². The first-order valence-corrected chi connectivity index (χ1v) is 13.9. The maximum atomic E-state index is 14.5. The van der Waals surface area contributed by atoms with Gasteiger partial charge in [0.2, 0.25) is 0 Å². The summed E-state index contributed by atoms with van der Waals surface area (Å²) >= 11 is 6.23. The van der Waals surface area contributed by atoms with Crippen LogP contribution in [0.3, 0.4) is 0 Å². The van der Waals surface area contributed by atoms with Gasteiger partial charge in [-0.25, -0.2) is 0 Å². The molecule has 1 atom stereocenters. The number of fused-ring (bicyclic) bond motifs is 1. The maximum absolute atomic E-state index is 14.5. The zero-order valence-corrected chi connectivity index (χ0v) is 25.5. The first-order valence-electron chi connectivity index (χ1n) is 13.5. The van der Waals surface area contributed by atoms with Gasteiger partial charge >= 0.3 is 6.36 Å². The average Bonchev–Trinajstić information content (AvgIpc) is 3.24. The van der Waals surface area contributed by atoms with Gasteiger partial charge in [-0.15, -0.1) is 13.2 Å². The Hall–Kier alpha value is -4.16. The smallest absolute Gasteiger partial charge is 0.497 e. The molecule has 0 saturated carbocycles. The second-order valence-electron chi connectivity index (χ2n) is 10.7. The number of ether oxygens (including phenoxy) is 3. The summed E-state index contributed by atoms with van der Waals surface area (Å²) < 4.78 is 54.5. The number of benzene rings is 3. The zero-order chi connectivity index (χ0) is 32.2. The summed E-state index contributed by atoms with van der Waals surface area (Å²) in [5.74, 6) is -0.106. The number of anilines is 2. The van der Waals surface area contributed by atoms with Crippen molar-refractivity contribution in [2.24, 2.45) is 5.16 Å². The molecule has 1 heterocycles. The Morgan fingerprint density at radius 1 is 1.09 bits per heavy atom. The number of nitrogens with one attached hydrogen (secondary N) is 1. The first kappa shape index (κ1) is 32.7. The molecule has 1 aliphatic heterocycles. The van der Waals surface area contributed by atoms with Gasteiger partial charge in [-0.1, -0.05) is 42.7 Å². The minimum Gasteiger partial charge on any atom is -0.497 e. The summed E-state index contributed by atoms with van der Waals surface area (Å²) in [6, 6.07) is 12.9. The van der Waals surface area contributed by atoms with Crippen LogP contribution >= 0.6 is 11.6 Å². The summed E-state index contributed by atoms with van der Waals surface area (Å²) in [5.41, 5.74) is 2.44. The molecular formula is C31H33ClF3N3O6. The molecule has 4 rings (SSSR count). The van der Waals surface area contributed by atoms with Crippen LogP contribution in [-0.2, 0) is 15.0 Å². The van der Waals surface area contributed by atoms with Crippen LogP contribution in [-0.4, -0.2) is 57.1 Å². The van der Waals surface area contributed by atoms with Crippen molar-refractivity contribution in [2.45, 2.75) is 38.6 Å². The Bertz CT molecular complexity index is 1550. The lowest BCUT2D eigenvalue weighted by Crippen LogP contribution is -2.39. The second kappa shape index (κ2) is 13.2. The van der Waals surface area contributed by atoms with Crippen LogP contribution in [0.25, 0.3) is 0 Å². The van der Waals surface area contributed by atoms with Crippen LogP contribution in [0, 0.1) is 0 Å². The maximum Gasteiger partial charge on any atom is 0.573 e. The molecule has 0 fully saturated rings. The van der Waals surface area contributed by atoms with Gasteiger partial charge in [0.05, 0.1) is 32.2 Å². The molecule has 0 saturated heterocycles. The number of methoxy groups -OCH3 is 2. The van der Waals surface area contributed by atoms with E-state index in [1.807, 2.05) is 13.8 Å². The number of rotatable bonds is 11. The van der Waals surface area contributed by atoms with E-state index in [1.165, 1.54) is 31.3 Å². The van der Waals surface area contributed by atoms with Gasteiger partial charge in [-0.2, -0.15) is 0 Å². The third-order valence-electron chi connectivity index (χ3n) is 7.05. The molecule has 3 aromatic rings. The van der Waals surface area contributed by atoms with E-state index in [2.05, 4.69) is 15.2 Å². The van der Waals surface area contributed by atoms with E-state index in [4.69, 9.17) is 31.0 Å². The topological polar surface area (TPSA) is 102 Å². The predicted octanol–water partition coefficient (Wildman–Crippen LogP) is 6.47. The summed E-state index contributed by atoms with van der Waals surface area (Å²) in [5, 5.41) is 16.7. The Labute approximate surface area is 258 Å². The van der Waals surface area contributed by atoms with Crippen molar-refractivity contribution in [3.8, 4) is 17.2 Å². The molecular weight excluding hydrogens is 603 g/mol. The van der Waals surface area contributed by atoms with Gasteiger partial charge in [0, 0.05) is 45.9 Å². The Morgan fingerprint density at radius 3 is 2.50 bits per heavy atom. The molecule has 3 aromatic carbocycles. The van der Waals surface area contributed by atoms with E-state index in [9.17, 15) is 18.0 Å². The van der Waals surface area contributed by atoms with Gasteiger partial charge in [-0.05, 0) is 42.8 Å². The average molecular weight is 636 g/mol. The van der Waals surface area contributed by atoms with E-state index in [0.29, 0.717) is 50.3 Å². The van der Waals surface area contributed by atoms with Gasteiger partial charge in [0.25, 0.3) is 5.91 Å². The van der Waals surface area contributed by atoms with Crippen LogP contribution in [0.2, 0.25) is 5.02 Å². The number of amides is 1. The molecule has 13 heteroatoms. The number of oxime groups is 1. The van der Waals surface area contributed by atoms with Crippen molar-refractivity contribution in [2.75, 3.05) is 44.2 Å². The van der Waals surface area contributed by atoms with Gasteiger partial charge < -0.3 is 34.4 Å². The van der Waals surface area contributed by atoms with Crippen molar-refractivity contribution in [1.29, 1.82) is 0 Å². The number of carbonyl (C=O) groups excluding carboxylic acids is 1. The summed E-state index contributed by atoms with van der Waals surface area (Å²) in [6.45, 7) is 5.54. The number of carbonyl (C=O) groups is 1. The number of hydrogen-bond acceptors (Lipinski definition) is 8. The number of halogens is 4. The quantitative estimate of drug-likeness (QED) is 0.142. The van der Waals surface area contributed by atoms with Gasteiger partial charge in [0.15, 0.2) is 0 Å². The third kappa shape index (κ3) is 7.48. The number of aliphatic hydroxyl groups excluding tert-OH is 1. The largest absolute Gasteiger partial charge is 0.573 e. The van der Waals surface area contributed by atoms with Gasteiger partial charge in [0.1, 0.15) is 29.9 Å². The molecule has 0 radical (unpaired) electrons. The van der Waals surface area contributed by atoms with Gasteiger partial charge in [-0.3, -0.25) is 4.79 Å². The predicted molar refractivity (Wildman–Crippen MR) is 161 cm³/mol. The monoisotopic (exact) mass is 635 g/mol. The second-order valence-corrected chi connectivity index (χ2v) is 11.1. The van der Waals surface area contributed by atoms with Crippen molar-refractivity contribution in [1.82, 2.24) is 0 Å². The van der Waals surface area contributed by atoms with Crippen molar-refractivity contribution in [3.05, 3.63) is 76.3 Å². The minimum atomic E-state index is -4.90. The van der Waals surface area contributed by atoms with Crippen molar-refractivity contribution >= 4 is 34.6 Å². The number of aliphatic hydroxyl groups is 1. The molecule has 1 amide bonds. The lowest BCUT2D eigenvalue weighted by Gasteiger charge is -2.28. The van der Waals surface area contributed by atoms with E-state index in [0.717, 1.165) is 0 Å². The van der Waals surface area contributed by atoms with E-state index in [-0.39, 0.29) is 19.8 Å². The minimum absolute atomic E-state index is 0.0166. The Kier molecular flexibility index (Phi) is 9.85. The lowest BCUT2D eigenvalue weighted by molar-refractivity contribution is -0.274. The lowest BCUT2D eigenvalue weighted by atomic mass is 9.87. The van der Waals surface area contributed by atoms with E-state index >= 15 is 0 Å². The molecule has 1 aliphatic rings. The molecule has 0 aliphatic carbocycles. The van der Waals surface area contributed by atoms with Crippen LogP contribution in [0.15, 0.2) is 59.8 Å². The fourth-order valence-corrected chi connectivity index (χ4v) is 5.19. The first-order chi connectivity index (χ1) is 20.8. The van der Waals surface area contributed by atoms with Crippen LogP contribution in [0.4, 0.5) is 24.5 Å². The summed E-state index contributed by atoms with van der Waals surface area (Å²) in [4.78, 5) is 21.1. The highest BCUT2D eigenvalue weighted by molar-refractivity contribution is 6.30. The summed E-state index contributed by atoms with van der Waals surface area (Å²) in [7, 11) is 2.94. The highest BCUT2D eigenvalue weighted by Gasteiger charge is 2.42. The zero-order valence-electron chi connectivity index (χ0n) is 24.8. The number of nitrogens with zero attached hydrogens (tertiary/aromatic N) is 2. The van der Waals surface area contributed by atoms with Crippen LogP contribution in [0.5, 0.6) is 17.2 Å². The molecule has 0 spiro atoms. The molecule has 44 heavy (non-hydrogen) atoms. The molecule has 2 N–H and O–H groups in total.